The van der Waals surface area contributed by atoms with E-state index >= 15 is 0 Å². The number of nitrogens with two attached hydrogens (primary N) is 3. The summed E-state index contributed by atoms with van der Waals surface area (Å²) in [5.41, 5.74) is 23.1. The van der Waals surface area contributed by atoms with Crippen molar-refractivity contribution in [2.75, 3.05) is 13.1 Å². The number of guanidine groups is 1. The Bertz CT molecular complexity index is 1830. The summed E-state index contributed by atoms with van der Waals surface area (Å²) >= 11 is 0. The number of fused-ring (bicyclic) bond motifs is 1. The lowest BCUT2D eigenvalue weighted by Gasteiger charge is -2.23. The first kappa shape index (κ1) is 32.9. The molecule has 1 heterocycles. The molecule has 0 bridgehead atoms. The molecule has 0 fully saturated rings. The molecule has 5 aromatic rings. The maximum absolute atomic E-state index is 14.1. The molecule has 1 aromatic heterocycles. The molecule has 5 rings (SSSR count). The van der Waals surface area contributed by atoms with Crippen LogP contribution in [0.4, 0.5) is 0 Å². The SMILES string of the molecule is CC(C)c1ccc(-c2nc3cc(C(=O)N(CCc4ccccc4)Cc4ccccc4)ccc3n2C(CCCN=C(N)N)C(N)=O)cc1. The molecular weight excluding hydrogens is 586 g/mol. The number of aliphatic imine (C=N–C) groups is 1. The number of hydrogen-bond acceptors (Lipinski definition) is 4. The second kappa shape index (κ2) is 15.2. The molecule has 0 radical (unpaired) electrons. The van der Waals surface area contributed by atoms with Crippen molar-refractivity contribution in [3.63, 3.8) is 0 Å². The van der Waals surface area contributed by atoms with Crippen molar-refractivity contribution >= 4 is 28.8 Å². The molecule has 1 atom stereocenters. The predicted octanol–water partition coefficient (Wildman–Crippen LogP) is 5.79. The molecule has 0 aliphatic carbocycles. The third-order valence-corrected chi connectivity index (χ3v) is 8.36. The molecule has 0 saturated heterocycles. The zero-order chi connectivity index (χ0) is 33.3. The number of rotatable bonds is 14. The number of hydrogen-bond donors (Lipinski definition) is 3. The highest BCUT2D eigenvalue weighted by Gasteiger charge is 2.26. The number of carbonyl (C=O) groups is 2. The van der Waals surface area contributed by atoms with Gasteiger partial charge in [0.25, 0.3) is 5.91 Å². The lowest BCUT2D eigenvalue weighted by atomic mass is 10.0. The monoisotopic (exact) mass is 629 g/mol. The van der Waals surface area contributed by atoms with E-state index in [0.717, 1.165) is 23.1 Å². The molecule has 47 heavy (non-hydrogen) atoms. The third-order valence-electron chi connectivity index (χ3n) is 8.36. The van der Waals surface area contributed by atoms with Gasteiger partial charge in [0, 0.05) is 30.8 Å². The van der Waals surface area contributed by atoms with Crippen LogP contribution in [-0.4, -0.2) is 45.3 Å². The van der Waals surface area contributed by atoms with E-state index in [4.69, 9.17) is 22.2 Å². The second-order valence-electron chi connectivity index (χ2n) is 12.1. The van der Waals surface area contributed by atoms with Gasteiger partial charge in [0.15, 0.2) is 5.96 Å². The zero-order valence-electron chi connectivity index (χ0n) is 27.0. The van der Waals surface area contributed by atoms with E-state index in [0.29, 0.717) is 60.8 Å². The molecule has 0 aliphatic heterocycles. The number of imidazole rings is 1. The Kier molecular flexibility index (Phi) is 10.7. The summed E-state index contributed by atoms with van der Waals surface area (Å²) in [5.74, 6) is 0.403. The fraction of sp³-hybridized carbons (Fsp3) is 0.263. The Morgan fingerprint density at radius 2 is 1.51 bits per heavy atom. The van der Waals surface area contributed by atoms with Crippen LogP contribution in [0.2, 0.25) is 0 Å². The minimum absolute atomic E-state index is 0.00177. The summed E-state index contributed by atoms with van der Waals surface area (Å²) in [6.45, 7) is 5.69. The molecule has 0 aliphatic rings. The van der Waals surface area contributed by atoms with Crippen LogP contribution < -0.4 is 17.2 Å². The summed E-state index contributed by atoms with van der Waals surface area (Å²) in [6.07, 6.45) is 1.69. The van der Waals surface area contributed by atoms with Crippen molar-refractivity contribution in [1.29, 1.82) is 0 Å². The summed E-state index contributed by atoms with van der Waals surface area (Å²) in [4.78, 5) is 38.0. The van der Waals surface area contributed by atoms with Crippen LogP contribution >= 0.6 is 0 Å². The van der Waals surface area contributed by atoms with Gasteiger partial charge in [-0.15, -0.1) is 0 Å². The molecule has 2 amide bonds. The van der Waals surface area contributed by atoms with Gasteiger partial charge in [0.05, 0.1) is 11.0 Å². The van der Waals surface area contributed by atoms with Crippen molar-refractivity contribution in [1.82, 2.24) is 14.5 Å². The van der Waals surface area contributed by atoms with E-state index < -0.39 is 11.9 Å². The highest BCUT2D eigenvalue weighted by molar-refractivity contribution is 5.98. The Hall–Kier alpha value is -5.44. The van der Waals surface area contributed by atoms with Gasteiger partial charge in [-0.05, 0) is 60.1 Å². The van der Waals surface area contributed by atoms with E-state index in [-0.39, 0.29) is 11.9 Å². The fourth-order valence-electron chi connectivity index (χ4n) is 5.81. The molecule has 1 unspecified atom stereocenters. The van der Waals surface area contributed by atoms with Crippen LogP contribution in [0.3, 0.4) is 0 Å². The van der Waals surface area contributed by atoms with Crippen LogP contribution in [0.1, 0.15) is 65.7 Å². The second-order valence-corrected chi connectivity index (χ2v) is 12.1. The lowest BCUT2D eigenvalue weighted by molar-refractivity contribution is -0.121. The topological polar surface area (TPSA) is 146 Å². The van der Waals surface area contributed by atoms with E-state index in [1.807, 2.05) is 88.3 Å². The first-order chi connectivity index (χ1) is 22.7. The number of carbonyl (C=O) groups excluding carboxylic acids is 2. The van der Waals surface area contributed by atoms with Gasteiger partial charge in [0.1, 0.15) is 11.9 Å². The standard InChI is InChI=1S/C38H43N7O2/c1-26(2)29-15-17-30(18-16-29)36-43-32-24-31(19-20-33(32)45(36)34(35(39)46)14-9-22-42-38(40)41)37(47)44(25-28-12-7-4-8-13-28)23-21-27-10-5-3-6-11-27/h3-8,10-13,15-20,24,26,34H,9,14,21-23,25H2,1-2H3,(H2,39,46)(H4,40,41,42). The van der Waals surface area contributed by atoms with Crippen LogP contribution in [0.15, 0.2) is 108 Å². The van der Waals surface area contributed by atoms with Gasteiger partial charge in [-0.2, -0.15) is 0 Å². The van der Waals surface area contributed by atoms with E-state index in [1.165, 1.54) is 5.56 Å². The van der Waals surface area contributed by atoms with Crippen molar-refractivity contribution in [3.05, 3.63) is 125 Å². The molecule has 9 heteroatoms. The Morgan fingerprint density at radius 3 is 2.13 bits per heavy atom. The molecule has 4 aromatic carbocycles. The average Bonchev–Trinajstić information content (AvgIpc) is 3.45. The Morgan fingerprint density at radius 1 is 0.851 bits per heavy atom. The molecule has 0 spiro atoms. The molecule has 0 saturated carbocycles. The maximum atomic E-state index is 14.1. The molecule has 9 nitrogen and oxygen atoms in total. The summed E-state index contributed by atoms with van der Waals surface area (Å²) in [5, 5.41) is 0. The quantitative estimate of drug-likeness (QED) is 0.0809. The highest BCUT2D eigenvalue weighted by atomic mass is 16.2. The van der Waals surface area contributed by atoms with E-state index in [1.54, 1.807) is 0 Å². The van der Waals surface area contributed by atoms with Gasteiger partial charge in [0.2, 0.25) is 5.91 Å². The van der Waals surface area contributed by atoms with Gasteiger partial charge >= 0.3 is 0 Å². The number of primary amides is 1. The summed E-state index contributed by atoms with van der Waals surface area (Å²) < 4.78 is 1.89. The summed E-state index contributed by atoms with van der Waals surface area (Å²) in [7, 11) is 0. The van der Waals surface area contributed by atoms with Crippen LogP contribution in [0, 0.1) is 0 Å². The van der Waals surface area contributed by atoms with Gasteiger partial charge in [-0.1, -0.05) is 98.8 Å². The maximum Gasteiger partial charge on any atom is 0.254 e. The normalized spacial score (nSPS) is 11.8. The average molecular weight is 630 g/mol. The van der Waals surface area contributed by atoms with Crippen molar-refractivity contribution in [2.24, 2.45) is 22.2 Å². The van der Waals surface area contributed by atoms with E-state index in [2.05, 4.69) is 43.1 Å². The zero-order valence-corrected chi connectivity index (χ0v) is 27.0. The third kappa shape index (κ3) is 8.24. The Balaban J connectivity index is 1.54. The van der Waals surface area contributed by atoms with Crippen LogP contribution in [0.5, 0.6) is 0 Å². The number of nitrogens with zero attached hydrogens (tertiary/aromatic N) is 4. The number of aromatic nitrogens is 2. The number of amides is 2. The van der Waals surface area contributed by atoms with Crippen molar-refractivity contribution in [2.45, 2.75) is 51.6 Å². The van der Waals surface area contributed by atoms with Gasteiger partial charge < -0.3 is 26.7 Å². The van der Waals surface area contributed by atoms with Crippen LogP contribution in [0.25, 0.3) is 22.4 Å². The molecule has 6 N–H and O–H groups in total. The van der Waals surface area contributed by atoms with Crippen molar-refractivity contribution < 1.29 is 9.59 Å². The predicted molar refractivity (Wildman–Crippen MR) is 189 cm³/mol. The van der Waals surface area contributed by atoms with Crippen molar-refractivity contribution in [3.8, 4) is 11.4 Å². The molecular formula is C38H43N7O2. The first-order valence-corrected chi connectivity index (χ1v) is 16.1. The van der Waals surface area contributed by atoms with Crippen LogP contribution in [-0.2, 0) is 17.8 Å². The highest BCUT2D eigenvalue weighted by Crippen LogP contribution is 2.32. The van der Waals surface area contributed by atoms with Gasteiger partial charge in [-0.25, -0.2) is 4.98 Å². The lowest BCUT2D eigenvalue weighted by Crippen LogP contribution is -2.32. The summed E-state index contributed by atoms with van der Waals surface area (Å²) in [6, 6.07) is 33.1. The van der Waals surface area contributed by atoms with Gasteiger partial charge in [-0.3, -0.25) is 14.6 Å². The first-order valence-electron chi connectivity index (χ1n) is 16.1. The largest absolute Gasteiger partial charge is 0.370 e. The fourth-order valence-corrected chi connectivity index (χ4v) is 5.81. The molecule has 242 valence electrons. The Labute approximate surface area is 276 Å². The number of benzene rings is 4. The smallest absolute Gasteiger partial charge is 0.254 e. The minimum Gasteiger partial charge on any atom is -0.370 e. The minimum atomic E-state index is -0.698. The van der Waals surface area contributed by atoms with E-state index in [9.17, 15) is 9.59 Å².